The van der Waals surface area contributed by atoms with Crippen molar-refractivity contribution in [2.24, 2.45) is 5.10 Å². The molecule has 1 aromatic rings. The zero-order valence-electron chi connectivity index (χ0n) is 11.9. The number of ether oxygens (including phenoxy) is 1. The molecule has 0 spiro atoms. The van der Waals surface area contributed by atoms with E-state index in [1.165, 1.54) is 24.8 Å². The molecule has 1 unspecified atom stereocenters. The zero-order valence-corrected chi connectivity index (χ0v) is 11.9. The Hall–Kier alpha value is -2.30. The molecule has 1 N–H and O–H groups in total. The van der Waals surface area contributed by atoms with E-state index in [0.29, 0.717) is 6.61 Å². The molecular weight excluding hydrogens is 266 g/mol. The van der Waals surface area contributed by atoms with Crippen molar-refractivity contribution in [2.45, 2.75) is 32.2 Å². The van der Waals surface area contributed by atoms with Crippen molar-refractivity contribution < 1.29 is 9.53 Å². The minimum absolute atomic E-state index is 0.0886. The Balaban J connectivity index is 1.77. The molecule has 1 aromatic carbocycles. The normalized spacial score (nSPS) is 23.2. The van der Waals surface area contributed by atoms with Crippen LogP contribution >= 0.6 is 0 Å². The molecule has 108 valence electrons. The van der Waals surface area contributed by atoms with Crippen molar-refractivity contribution in [2.75, 3.05) is 11.5 Å². The zero-order chi connectivity index (χ0) is 14.4. The molecule has 1 fully saturated rings. The number of hydrazone groups is 1. The number of amides is 1. The van der Waals surface area contributed by atoms with E-state index in [1.54, 1.807) is 0 Å². The standard InChI is InChI=1S/C16H17N3O2/c1-10-16(20)18-17-15-9-21-14-6-5-12(7-11-3-2-4-11)8-13(14)19(10)15/h5-8,10H,2-4,9H2,1H3,(H,18,20). The number of rotatable bonds is 1. The van der Waals surface area contributed by atoms with Gasteiger partial charge in [-0.2, -0.15) is 5.10 Å². The number of carbonyl (C=O) groups is 1. The number of carbonyl (C=O) groups excluding carboxylic acids is 1. The van der Waals surface area contributed by atoms with Crippen molar-refractivity contribution in [1.29, 1.82) is 0 Å². The lowest BCUT2D eigenvalue weighted by Crippen LogP contribution is -2.55. The Bertz CT molecular complexity index is 672. The molecule has 1 amide bonds. The summed E-state index contributed by atoms with van der Waals surface area (Å²) in [5.74, 6) is 1.48. The lowest BCUT2D eigenvalue weighted by molar-refractivity contribution is -0.122. The first-order chi connectivity index (χ1) is 10.2. The van der Waals surface area contributed by atoms with E-state index < -0.39 is 0 Å². The molecule has 0 radical (unpaired) electrons. The van der Waals surface area contributed by atoms with Gasteiger partial charge in [-0.3, -0.25) is 4.79 Å². The lowest BCUT2D eigenvalue weighted by Gasteiger charge is -2.38. The van der Waals surface area contributed by atoms with Crippen LogP contribution in [0.1, 0.15) is 31.7 Å². The van der Waals surface area contributed by atoms with Crippen LogP contribution in [0.15, 0.2) is 28.9 Å². The highest BCUT2D eigenvalue weighted by molar-refractivity contribution is 6.09. The predicted octanol–water partition coefficient (Wildman–Crippen LogP) is 2.28. The largest absolute Gasteiger partial charge is 0.483 e. The van der Waals surface area contributed by atoms with Gasteiger partial charge < -0.3 is 9.64 Å². The van der Waals surface area contributed by atoms with Crippen LogP contribution in [-0.2, 0) is 4.79 Å². The summed E-state index contributed by atoms with van der Waals surface area (Å²) in [5, 5.41) is 4.10. The molecule has 1 atom stereocenters. The summed E-state index contributed by atoms with van der Waals surface area (Å²) in [6, 6.07) is 5.87. The number of nitrogens with zero attached hydrogens (tertiary/aromatic N) is 2. The predicted molar refractivity (Wildman–Crippen MR) is 81.3 cm³/mol. The molecule has 5 nitrogen and oxygen atoms in total. The van der Waals surface area contributed by atoms with Crippen LogP contribution < -0.4 is 15.1 Å². The number of allylic oxidation sites excluding steroid dienone is 1. The average molecular weight is 283 g/mol. The minimum atomic E-state index is -0.272. The molecule has 0 aromatic heterocycles. The molecule has 0 bridgehead atoms. The fourth-order valence-electron chi connectivity index (χ4n) is 2.89. The smallest absolute Gasteiger partial charge is 0.262 e. The summed E-state index contributed by atoms with van der Waals surface area (Å²) in [6.07, 6.45) is 5.93. The second-order valence-electron chi connectivity index (χ2n) is 5.72. The number of hydrogen-bond acceptors (Lipinski definition) is 4. The number of benzene rings is 1. The van der Waals surface area contributed by atoms with Gasteiger partial charge in [-0.05, 0) is 43.9 Å². The summed E-state index contributed by atoms with van der Waals surface area (Å²) >= 11 is 0. The van der Waals surface area contributed by atoms with Crippen LogP contribution in [0.5, 0.6) is 5.75 Å². The summed E-state index contributed by atoms with van der Waals surface area (Å²) in [5.41, 5.74) is 6.12. The molecule has 1 saturated carbocycles. The third kappa shape index (κ3) is 2.00. The van der Waals surface area contributed by atoms with Crippen LogP contribution in [0.2, 0.25) is 0 Å². The first-order valence-electron chi connectivity index (χ1n) is 7.34. The highest BCUT2D eigenvalue weighted by Gasteiger charge is 2.35. The van der Waals surface area contributed by atoms with Crippen LogP contribution in [-0.4, -0.2) is 24.4 Å². The number of fused-ring (bicyclic) bond motifs is 3. The molecule has 1 aliphatic carbocycles. The Morgan fingerprint density at radius 1 is 1.43 bits per heavy atom. The van der Waals surface area contributed by atoms with Crippen molar-refractivity contribution in [3.8, 4) is 5.75 Å². The Morgan fingerprint density at radius 2 is 2.29 bits per heavy atom. The van der Waals surface area contributed by atoms with Gasteiger partial charge in [0.1, 0.15) is 18.4 Å². The quantitative estimate of drug-likeness (QED) is 0.860. The molecule has 3 aliphatic rings. The van der Waals surface area contributed by atoms with Gasteiger partial charge in [0.2, 0.25) is 0 Å². The second-order valence-corrected chi connectivity index (χ2v) is 5.72. The summed E-state index contributed by atoms with van der Waals surface area (Å²) in [6.45, 7) is 2.27. The second kappa shape index (κ2) is 4.62. The molecule has 0 saturated heterocycles. The molecule has 21 heavy (non-hydrogen) atoms. The Morgan fingerprint density at radius 3 is 3.05 bits per heavy atom. The highest BCUT2D eigenvalue weighted by Crippen LogP contribution is 2.37. The van der Waals surface area contributed by atoms with Crippen LogP contribution in [0.4, 0.5) is 5.69 Å². The average Bonchev–Trinajstić information content (AvgIpc) is 2.46. The van der Waals surface area contributed by atoms with Gasteiger partial charge in [0.05, 0.1) is 5.69 Å². The fraction of sp³-hybridized carbons (Fsp3) is 0.375. The minimum Gasteiger partial charge on any atom is -0.483 e. The van der Waals surface area contributed by atoms with Crippen molar-refractivity contribution in [1.82, 2.24) is 5.43 Å². The van der Waals surface area contributed by atoms with E-state index in [2.05, 4.69) is 28.7 Å². The third-order valence-electron chi connectivity index (χ3n) is 4.31. The molecule has 5 heteroatoms. The van der Waals surface area contributed by atoms with Crippen molar-refractivity contribution in [3.63, 3.8) is 0 Å². The SMILES string of the molecule is CC1C(=O)NN=C2COc3ccc(C=C4CCC4)cc3N21. The molecule has 2 heterocycles. The highest BCUT2D eigenvalue weighted by atomic mass is 16.5. The maximum absolute atomic E-state index is 11.9. The first kappa shape index (κ1) is 12.4. The van der Waals surface area contributed by atoms with Crippen molar-refractivity contribution >= 4 is 23.5 Å². The van der Waals surface area contributed by atoms with Gasteiger partial charge >= 0.3 is 0 Å². The van der Waals surface area contributed by atoms with Crippen LogP contribution in [0.3, 0.4) is 0 Å². The fourth-order valence-corrected chi connectivity index (χ4v) is 2.89. The van der Waals surface area contributed by atoms with Gasteiger partial charge in [-0.1, -0.05) is 17.7 Å². The van der Waals surface area contributed by atoms with E-state index in [9.17, 15) is 4.79 Å². The summed E-state index contributed by atoms with van der Waals surface area (Å²) in [7, 11) is 0. The van der Waals surface area contributed by atoms with Gasteiger partial charge in [0.25, 0.3) is 5.91 Å². The molecular formula is C16H17N3O2. The maximum Gasteiger partial charge on any atom is 0.262 e. The maximum atomic E-state index is 11.9. The van der Waals surface area contributed by atoms with E-state index in [-0.39, 0.29) is 11.9 Å². The van der Waals surface area contributed by atoms with E-state index >= 15 is 0 Å². The van der Waals surface area contributed by atoms with Gasteiger partial charge in [0, 0.05) is 0 Å². The van der Waals surface area contributed by atoms with E-state index in [0.717, 1.165) is 22.8 Å². The third-order valence-corrected chi connectivity index (χ3v) is 4.31. The molecule has 2 aliphatic heterocycles. The van der Waals surface area contributed by atoms with Gasteiger partial charge in [-0.15, -0.1) is 0 Å². The monoisotopic (exact) mass is 283 g/mol. The molecule has 4 rings (SSSR count). The summed E-state index contributed by atoms with van der Waals surface area (Å²) < 4.78 is 5.73. The number of amidine groups is 1. The lowest BCUT2D eigenvalue weighted by atomic mass is 9.90. The Labute approximate surface area is 123 Å². The van der Waals surface area contributed by atoms with Crippen molar-refractivity contribution in [3.05, 3.63) is 29.3 Å². The first-order valence-corrected chi connectivity index (χ1v) is 7.34. The Kier molecular flexibility index (Phi) is 2.74. The number of nitrogens with one attached hydrogen (secondary N) is 1. The van der Waals surface area contributed by atoms with Crippen LogP contribution in [0, 0.1) is 0 Å². The topological polar surface area (TPSA) is 53.9 Å². The van der Waals surface area contributed by atoms with Gasteiger partial charge in [0.15, 0.2) is 5.84 Å². The number of anilines is 1. The van der Waals surface area contributed by atoms with Crippen LogP contribution in [0.25, 0.3) is 6.08 Å². The van der Waals surface area contributed by atoms with E-state index in [1.807, 2.05) is 17.9 Å². The summed E-state index contributed by atoms with van der Waals surface area (Å²) in [4.78, 5) is 13.8. The number of hydrogen-bond donors (Lipinski definition) is 1. The van der Waals surface area contributed by atoms with Gasteiger partial charge in [-0.25, -0.2) is 5.43 Å². The van der Waals surface area contributed by atoms with E-state index in [4.69, 9.17) is 4.74 Å².